The molecule has 0 aliphatic heterocycles. The van der Waals surface area contributed by atoms with E-state index in [0.717, 1.165) is 11.4 Å². The molecule has 1 atom stereocenters. The third kappa shape index (κ3) is 3.07. The molecule has 1 aromatic heterocycles. The van der Waals surface area contributed by atoms with Gasteiger partial charge < -0.3 is 0 Å². The lowest BCUT2D eigenvalue weighted by Crippen LogP contribution is -1.93. The minimum atomic E-state index is 0.365. The van der Waals surface area contributed by atoms with Crippen LogP contribution in [0.25, 0.3) is 0 Å². The average molecular weight is 302 g/mol. The molecule has 0 bridgehead atoms. The third-order valence-electron chi connectivity index (χ3n) is 2.23. The monoisotopic (exact) mass is 300 g/mol. The fourth-order valence-electron chi connectivity index (χ4n) is 1.41. The Morgan fingerprint density at radius 2 is 1.93 bits per heavy atom. The fraction of sp³-hybridized carbons (Fsp3) is 0.167. The van der Waals surface area contributed by atoms with Crippen molar-refractivity contribution in [1.82, 2.24) is 0 Å². The van der Waals surface area contributed by atoms with Gasteiger partial charge in [-0.1, -0.05) is 39.7 Å². The summed E-state index contributed by atoms with van der Waals surface area (Å²) in [6, 6.07) is 10.1. The second kappa shape index (κ2) is 5.15. The molecule has 0 nitrogen and oxygen atoms in total. The average Bonchev–Trinajstić information content (AvgIpc) is 2.71. The lowest BCUT2D eigenvalue weighted by atomic mass is 10.1. The van der Waals surface area contributed by atoms with Crippen molar-refractivity contribution in [3.8, 4) is 0 Å². The van der Waals surface area contributed by atoms with Crippen LogP contribution in [0.2, 0.25) is 5.02 Å². The van der Waals surface area contributed by atoms with E-state index in [4.69, 9.17) is 11.6 Å². The molecule has 78 valence electrons. The molecule has 3 heteroatoms. The molecule has 0 amide bonds. The summed E-state index contributed by atoms with van der Waals surface area (Å²) in [4.78, 5) is 0.365. The molecular weight excluding hydrogens is 292 g/mol. The van der Waals surface area contributed by atoms with Gasteiger partial charge in [-0.3, -0.25) is 0 Å². The highest BCUT2D eigenvalue weighted by Gasteiger charge is 2.08. The van der Waals surface area contributed by atoms with Crippen LogP contribution in [0.1, 0.15) is 16.0 Å². The van der Waals surface area contributed by atoms with Crippen LogP contribution in [0.15, 0.2) is 41.1 Å². The molecular formula is C12H10BrClS. The molecule has 0 aliphatic carbocycles. The Bertz CT molecular complexity index is 408. The summed E-state index contributed by atoms with van der Waals surface area (Å²) in [5, 5.41) is 5.08. The van der Waals surface area contributed by atoms with Crippen molar-refractivity contribution in [2.75, 3.05) is 0 Å². The van der Waals surface area contributed by atoms with Crippen molar-refractivity contribution in [2.45, 2.75) is 11.2 Å². The van der Waals surface area contributed by atoms with Crippen molar-refractivity contribution in [1.29, 1.82) is 0 Å². The summed E-state index contributed by atoms with van der Waals surface area (Å²) in [5.74, 6) is 0. The molecule has 15 heavy (non-hydrogen) atoms. The molecule has 0 spiro atoms. The lowest BCUT2D eigenvalue weighted by molar-refractivity contribution is 0.954. The molecule has 0 fully saturated rings. The maximum absolute atomic E-state index is 5.85. The zero-order valence-electron chi connectivity index (χ0n) is 7.99. The Balaban J connectivity index is 2.08. The molecule has 1 heterocycles. The van der Waals surface area contributed by atoms with Gasteiger partial charge in [0.2, 0.25) is 0 Å². The van der Waals surface area contributed by atoms with Crippen LogP contribution >= 0.6 is 38.9 Å². The van der Waals surface area contributed by atoms with Gasteiger partial charge in [0.25, 0.3) is 0 Å². The van der Waals surface area contributed by atoms with E-state index in [1.165, 1.54) is 11.1 Å². The van der Waals surface area contributed by atoms with Gasteiger partial charge in [-0.05, 0) is 46.5 Å². The smallest absolute Gasteiger partial charge is 0.0435 e. The van der Waals surface area contributed by atoms with E-state index in [0.29, 0.717) is 4.83 Å². The third-order valence-corrected chi connectivity index (χ3v) is 4.06. The zero-order chi connectivity index (χ0) is 10.7. The van der Waals surface area contributed by atoms with Crippen LogP contribution in [-0.4, -0.2) is 0 Å². The summed E-state index contributed by atoms with van der Waals surface area (Å²) in [6.07, 6.45) is 1.02. The van der Waals surface area contributed by atoms with Crippen LogP contribution in [0.4, 0.5) is 0 Å². The first-order valence-electron chi connectivity index (χ1n) is 4.66. The van der Waals surface area contributed by atoms with Gasteiger partial charge in [0.15, 0.2) is 0 Å². The van der Waals surface area contributed by atoms with E-state index in [-0.39, 0.29) is 0 Å². The molecule has 0 radical (unpaired) electrons. The number of alkyl halides is 1. The van der Waals surface area contributed by atoms with Gasteiger partial charge in [-0.25, -0.2) is 0 Å². The second-order valence-electron chi connectivity index (χ2n) is 3.35. The Kier molecular flexibility index (Phi) is 3.84. The molecule has 1 aromatic carbocycles. The van der Waals surface area contributed by atoms with E-state index in [9.17, 15) is 0 Å². The second-order valence-corrected chi connectivity index (χ2v) is 5.68. The van der Waals surface area contributed by atoms with Crippen LogP contribution in [0, 0.1) is 0 Å². The first-order valence-corrected chi connectivity index (χ1v) is 6.90. The Hall–Kier alpha value is -0.310. The quantitative estimate of drug-likeness (QED) is 0.694. The van der Waals surface area contributed by atoms with E-state index < -0.39 is 0 Å². The van der Waals surface area contributed by atoms with Gasteiger partial charge >= 0.3 is 0 Å². The Morgan fingerprint density at radius 3 is 2.53 bits per heavy atom. The molecule has 2 aromatic rings. The maximum Gasteiger partial charge on any atom is 0.0435 e. The Labute approximate surface area is 107 Å². The van der Waals surface area contributed by atoms with Gasteiger partial charge in [0.05, 0.1) is 0 Å². The number of halogens is 2. The summed E-state index contributed by atoms with van der Waals surface area (Å²) in [6.45, 7) is 0. The topological polar surface area (TPSA) is 0 Å². The van der Waals surface area contributed by atoms with Crippen LogP contribution in [-0.2, 0) is 6.42 Å². The summed E-state index contributed by atoms with van der Waals surface area (Å²) in [7, 11) is 0. The number of benzene rings is 1. The predicted octanol–water partition coefficient (Wildman–Crippen LogP) is 5.08. The largest absolute Gasteiger partial charge is 0.152 e. The normalized spacial score (nSPS) is 12.7. The van der Waals surface area contributed by atoms with Crippen molar-refractivity contribution < 1.29 is 0 Å². The first kappa shape index (κ1) is 11.2. The van der Waals surface area contributed by atoms with E-state index in [2.05, 4.69) is 44.9 Å². The summed E-state index contributed by atoms with van der Waals surface area (Å²) >= 11 is 11.3. The van der Waals surface area contributed by atoms with Crippen LogP contribution in [0.3, 0.4) is 0 Å². The van der Waals surface area contributed by atoms with Crippen molar-refractivity contribution in [3.05, 3.63) is 57.2 Å². The number of rotatable bonds is 3. The maximum atomic E-state index is 5.85. The first-order chi connectivity index (χ1) is 7.25. The van der Waals surface area contributed by atoms with Gasteiger partial charge in [-0.15, -0.1) is 0 Å². The van der Waals surface area contributed by atoms with Gasteiger partial charge in [0, 0.05) is 9.85 Å². The van der Waals surface area contributed by atoms with Crippen molar-refractivity contribution in [3.63, 3.8) is 0 Å². The molecule has 2 rings (SSSR count). The van der Waals surface area contributed by atoms with Gasteiger partial charge in [0.1, 0.15) is 0 Å². The lowest BCUT2D eigenvalue weighted by Gasteiger charge is -2.08. The molecule has 0 saturated carbocycles. The van der Waals surface area contributed by atoms with E-state index >= 15 is 0 Å². The summed E-state index contributed by atoms with van der Waals surface area (Å²) < 4.78 is 0. The SMILES string of the molecule is Clc1ccc(C(Br)Cc2ccsc2)cc1. The number of hydrogen-bond donors (Lipinski definition) is 0. The van der Waals surface area contributed by atoms with Gasteiger partial charge in [-0.2, -0.15) is 11.3 Å². The summed E-state index contributed by atoms with van der Waals surface area (Å²) in [5.41, 5.74) is 2.64. The van der Waals surface area contributed by atoms with Crippen molar-refractivity contribution >= 4 is 38.9 Å². The molecule has 0 saturated heterocycles. The molecule has 1 unspecified atom stereocenters. The molecule has 0 N–H and O–H groups in total. The Morgan fingerprint density at radius 1 is 1.20 bits per heavy atom. The predicted molar refractivity (Wildman–Crippen MR) is 71.1 cm³/mol. The number of hydrogen-bond acceptors (Lipinski definition) is 1. The highest BCUT2D eigenvalue weighted by molar-refractivity contribution is 9.09. The van der Waals surface area contributed by atoms with Crippen LogP contribution in [0.5, 0.6) is 0 Å². The highest BCUT2D eigenvalue weighted by Crippen LogP contribution is 2.28. The van der Waals surface area contributed by atoms with E-state index in [1.54, 1.807) is 11.3 Å². The van der Waals surface area contributed by atoms with Crippen LogP contribution < -0.4 is 0 Å². The van der Waals surface area contributed by atoms with E-state index in [1.807, 2.05) is 12.1 Å². The van der Waals surface area contributed by atoms with Crippen molar-refractivity contribution in [2.24, 2.45) is 0 Å². The minimum absolute atomic E-state index is 0.365. The number of thiophene rings is 1. The zero-order valence-corrected chi connectivity index (χ0v) is 11.1. The fourth-order valence-corrected chi connectivity index (χ4v) is 2.89. The molecule has 0 aliphatic rings. The highest BCUT2D eigenvalue weighted by atomic mass is 79.9. The standard InChI is InChI=1S/C12H10BrClS/c13-12(7-9-5-6-15-8-9)10-1-3-11(14)4-2-10/h1-6,8,12H,7H2. The minimum Gasteiger partial charge on any atom is -0.152 e.